The van der Waals surface area contributed by atoms with Crippen LogP contribution in [0.5, 0.6) is 0 Å². The zero-order valence-electron chi connectivity index (χ0n) is 14.4. The third kappa shape index (κ3) is 15.4. The van der Waals surface area contributed by atoms with Crippen LogP contribution in [0, 0.1) is 5.92 Å². The summed E-state index contributed by atoms with van der Waals surface area (Å²) in [4.78, 5) is 4.19. The van der Waals surface area contributed by atoms with E-state index in [1.807, 2.05) is 0 Å². The molecule has 126 valence electrons. The van der Waals surface area contributed by atoms with Gasteiger partial charge in [0.1, 0.15) is 0 Å². The van der Waals surface area contributed by atoms with E-state index >= 15 is 0 Å². The normalized spacial score (nSPS) is 12.0. The van der Waals surface area contributed by atoms with Crippen LogP contribution in [0.25, 0.3) is 0 Å². The molecule has 0 unspecified atom stereocenters. The summed E-state index contributed by atoms with van der Waals surface area (Å²) in [5.74, 6) is 1.46. The molecule has 0 atom stereocenters. The second-order valence-electron chi connectivity index (χ2n) is 5.57. The van der Waals surface area contributed by atoms with Crippen molar-refractivity contribution in [2.24, 2.45) is 10.9 Å². The van der Waals surface area contributed by atoms with Crippen LogP contribution in [0.1, 0.15) is 46.5 Å². The first-order valence-electron chi connectivity index (χ1n) is 8.30. The van der Waals surface area contributed by atoms with Gasteiger partial charge in [0.25, 0.3) is 0 Å². The Bertz CT molecular complexity index is 246. The molecule has 0 aliphatic heterocycles. The van der Waals surface area contributed by atoms with Crippen molar-refractivity contribution in [3.8, 4) is 0 Å². The van der Waals surface area contributed by atoms with E-state index in [1.54, 1.807) is 7.05 Å². The SMILES string of the molecule is CCCCOCCCNC(=NC)NCCCOCC(C)C. The van der Waals surface area contributed by atoms with Gasteiger partial charge in [0, 0.05) is 46.6 Å². The van der Waals surface area contributed by atoms with Crippen LogP contribution < -0.4 is 10.6 Å². The number of nitrogens with one attached hydrogen (secondary N) is 2. The summed E-state index contributed by atoms with van der Waals surface area (Å²) in [7, 11) is 1.79. The van der Waals surface area contributed by atoms with Crippen LogP contribution in [0.2, 0.25) is 0 Å². The topological polar surface area (TPSA) is 54.9 Å². The van der Waals surface area contributed by atoms with Gasteiger partial charge < -0.3 is 20.1 Å². The summed E-state index contributed by atoms with van der Waals surface area (Å²) in [5, 5.41) is 6.57. The second-order valence-corrected chi connectivity index (χ2v) is 5.57. The Hall–Kier alpha value is -0.810. The van der Waals surface area contributed by atoms with Crippen LogP contribution in [-0.4, -0.2) is 52.5 Å². The molecule has 0 aromatic heterocycles. The Labute approximate surface area is 130 Å². The number of unbranched alkanes of at least 4 members (excludes halogenated alkanes) is 1. The maximum absolute atomic E-state index is 5.54. The molecule has 2 N–H and O–H groups in total. The first-order valence-corrected chi connectivity index (χ1v) is 8.30. The molecule has 0 bridgehead atoms. The lowest BCUT2D eigenvalue weighted by Crippen LogP contribution is -2.38. The Morgan fingerprint density at radius 2 is 1.52 bits per heavy atom. The Morgan fingerprint density at radius 3 is 2.05 bits per heavy atom. The molecule has 0 rings (SSSR count). The molecule has 0 aliphatic carbocycles. The third-order valence-corrected chi connectivity index (χ3v) is 2.83. The minimum Gasteiger partial charge on any atom is -0.381 e. The quantitative estimate of drug-likeness (QED) is 0.312. The Morgan fingerprint density at radius 1 is 0.952 bits per heavy atom. The molecule has 0 radical (unpaired) electrons. The number of rotatable bonds is 13. The van der Waals surface area contributed by atoms with Crippen LogP contribution >= 0.6 is 0 Å². The zero-order valence-corrected chi connectivity index (χ0v) is 14.4. The van der Waals surface area contributed by atoms with Crippen LogP contribution in [0.3, 0.4) is 0 Å². The third-order valence-electron chi connectivity index (χ3n) is 2.83. The van der Waals surface area contributed by atoms with Crippen molar-refractivity contribution in [2.75, 3.05) is 46.6 Å². The molecule has 5 nitrogen and oxygen atoms in total. The fourth-order valence-corrected chi connectivity index (χ4v) is 1.65. The molecule has 0 saturated heterocycles. The van der Waals surface area contributed by atoms with Crippen molar-refractivity contribution in [1.29, 1.82) is 0 Å². The van der Waals surface area contributed by atoms with Crippen molar-refractivity contribution in [2.45, 2.75) is 46.5 Å². The minimum absolute atomic E-state index is 0.604. The van der Waals surface area contributed by atoms with Crippen molar-refractivity contribution < 1.29 is 9.47 Å². The number of hydrogen-bond acceptors (Lipinski definition) is 3. The summed E-state index contributed by atoms with van der Waals surface area (Å²) in [5.41, 5.74) is 0. The van der Waals surface area contributed by atoms with Gasteiger partial charge in [-0.15, -0.1) is 0 Å². The predicted octanol–water partition coefficient (Wildman–Crippen LogP) is 2.42. The summed E-state index contributed by atoms with van der Waals surface area (Å²) < 4.78 is 11.1. The number of guanidine groups is 1. The highest BCUT2D eigenvalue weighted by atomic mass is 16.5. The number of nitrogens with zero attached hydrogens (tertiary/aromatic N) is 1. The first kappa shape index (κ1) is 20.2. The molecule has 5 heteroatoms. The Kier molecular flexibility index (Phi) is 15.0. The predicted molar refractivity (Wildman–Crippen MR) is 90.0 cm³/mol. The van der Waals surface area contributed by atoms with Gasteiger partial charge in [0.2, 0.25) is 0 Å². The fourth-order valence-electron chi connectivity index (χ4n) is 1.65. The van der Waals surface area contributed by atoms with Crippen LogP contribution in [0.15, 0.2) is 4.99 Å². The van der Waals surface area contributed by atoms with Gasteiger partial charge in [-0.2, -0.15) is 0 Å². The maximum Gasteiger partial charge on any atom is 0.190 e. The molecule has 0 fully saturated rings. The molecule has 0 amide bonds. The number of hydrogen-bond donors (Lipinski definition) is 2. The van der Waals surface area contributed by atoms with Crippen molar-refractivity contribution in [3.05, 3.63) is 0 Å². The van der Waals surface area contributed by atoms with E-state index in [2.05, 4.69) is 36.4 Å². The summed E-state index contributed by atoms with van der Waals surface area (Å²) in [6, 6.07) is 0. The van der Waals surface area contributed by atoms with E-state index in [4.69, 9.17) is 9.47 Å². The lowest BCUT2D eigenvalue weighted by atomic mass is 10.2. The first-order chi connectivity index (χ1) is 10.2. The van der Waals surface area contributed by atoms with Gasteiger partial charge >= 0.3 is 0 Å². The van der Waals surface area contributed by atoms with Gasteiger partial charge in [-0.3, -0.25) is 4.99 Å². The lowest BCUT2D eigenvalue weighted by molar-refractivity contribution is 0.108. The summed E-state index contributed by atoms with van der Waals surface area (Å²) >= 11 is 0. The van der Waals surface area contributed by atoms with E-state index in [0.717, 1.165) is 64.7 Å². The van der Waals surface area contributed by atoms with E-state index in [0.29, 0.717) is 5.92 Å². The maximum atomic E-state index is 5.54. The standard InChI is InChI=1S/C16H35N3O2/c1-5-6-11-20-12-7-9-18-16(17-4)19-10-8-13-21-14-15(2)3/h15H,5-14H2,1-4H3,(H2,17,18,19). The lowest BCUT2D eigenvalue weighted by Gasteiger charge is -2.12. The monoisotopic (exact) mass is 301 g/mol. The highest BCUT2D eigenvalue weighted by Gasteiger charge is 1.97. The molecule has 21 heavy (non-hydrogen) atoms. The Balaban J connectivity index is 3.38. The van der Waals surface area contributed by atoms with E-state index in [-0.39, 0.29) is 0 Å². The molecule has 0 saturated carbocycles. The average molecular weight is 301 g/mol. The van der Waals surface area contributed by atoms with Gasteiger partial charge in [0.05, 0.1) is 0 Å². The van der Waals surface area contributed by atoms with Crippen LogP contribution in [0.4, 0.5) is 0 Å². The molecular formula is C16H35N3O2. The van der Waals surface area contributed by atoms with E-state index in [9.17, 15) is 0 Å². The largest absolute Gasteiger partial charge is 0.381 e. The smallest absolute Gasteiger partial charge is 0.190 e. The molecule has 0 aromatic rings. The van der Waals surface area contributed by atoms with Gasteiger partial charge in [-0.25, -0.2) is 0 Å². The van der Waals surface area contributed by atoms with Gasteiger partial charge in [0.15, 0.2) is 5.96 Å². The van der Waals surface area contributed by atoms with Gasteiger partial charge in [-0.05, 0) is 25.2 Å². The average Bonchev–Trinajstić information content (AvgIpc) is 2.47. The van der Waals surface area contributed by atoms with Crippen molar-refractivity contribution in [3.63, 3.8) is 0 Å². The molecule has 0 aromatic carbocycles. The van der Waals surface area contributed by atoms with Gasteiger partial charge in [-0.1, -0.05) is 27.2 Å². The highest BCUT2D eigenvalue weighted by Crippen LogP contribution is 1.93. The highest BCUT2D eigenvalue weighted by molar-refractivity contribution is 5.79. The minimum atomic E-state index is 0.604. The van der Waals surface area contributed by atoms with Crippen LogP contribution in [-0.2, 0) is 9.47 Å². The number of ether oxygens (including phenoxy) is 2. The van der Waals surface area contributed by atoms with E-state index < -0.39 is 0 Å². The second kappa shape index (κ2) is 15.6. The zero-order chi connectivity index (χ0) is 15.8. The molecule has 0 spiro atoms. The number of aliphatic imine (C=N–C) groups is 1. The molecule has 0 aliphatic rings. The fraction of sp³-hybridized carbons (Fsp3) is 0.938. The van der Waals surface area contributed by atoms with Crippen molar-refractivity contribution >= 4 is 5.96 Å². The molecular weight excluding hydrogens is 266 g/mol. The van der Waals surface area contributed by atoms with Crippen molar-refractivity contribution in [1.82, 2.24) is 10.6 Å². The summed E-state index contributed by atoms with van der Waals surface area (Å²) in [6.45, 7) is 11.6. The van der Waals surface area contributed by atoms with E-state index in [1.165, 1.54) is 6.42 Å². The summed E-state index contributed by atoms with van der Waals surface area (Å²) in [6.07, 6.45) is 4.33. The molecule has 0 heterocycles.